The van der Waals surface area contributed by atoms with E-state index in [2.05, 4.69) is 15.3 Å². The summed E-state index contributed by atoms with van der Waals surface area (Å²) in [5.74, 6) is 0.0577. The normalized spacial score (nSPS) is 10.2. The summed E-state index contributed by atoms with van der Waals surface area (Å²) >= 11 is 0. The van der Waals surface area contributed by atoms with Crippen LogP contribution < -0.4 is 10.2 Å². The highest BCUT2D eigenvalue weighted by molar-refractivity contribution is 5.68. The predicted molar refractivity (Wildman–Crippen MR) is 77.3 cm³/mol. The van der Waals surface area contributed by atoms with E-state index in [-0.39, 0.29) is 17.3 Å². The first-order valence-electron chi connectivity index (χ1n) is 6.27. The lowest BCUT2D eigenvalue weighted by Gasteiger charge is -2.18. The van der Waals surface area contributed by atoms with Crippen molar-refractivity contribution in [3.8, 4) is 0 Å². The molecule has 0 atom stereocenters. The molecule has 0 aliphatic carbocycles. The van der Waals surface area contributed by atoms with Crippen LogP contribution in [-0.2, 0) is 0 Å². The second-order valence-electron chi connectivity index (χ2n) is 4.23. The highest BCUT2D eigenvalue weighted by Gasteiger charge is 2.21. The van der Waals surface area contributed by atoms with Crippen molar-refractivity contribution in [1.29, 1.82) is 0 Å². The molecule has 0 spiro atoms. The summed E-state index contributed by atoms with van der Waals surface area (Å²) in [6.07, 6.45) is 1.15. The average Bonchev–Trinajstić information content (AvgIpc) is 2.47. The molecule has 2 rings (SSSR count). The van der Waals surface area contributed by atoms with E-state index in [0.717, 1.165) is 6.20 Å². The Kier molecular flexibility index (Phi) is 4.27. The standard InChI is InChI=1S/C13H14FN5O2/c1-3-15-13-16-8-11(19(20)21)12(17-13)18(2)10-6-4-9(14)5-7-10/h4-8H,3H2,1-2H3,(H,15,16,17). The van der Waals surface area contributed by atoms with Gasteiger partial charge in [-0.25, -0.2) is 9.37 Å². The molecule has 7 nitrogen and oxygen atoms in total. The zero-order valence-corrected chi connectivity index (χ0v) is 11.6. The number of anilines is 3. The molecule has 0 radical (unpaired) electrons. The van der Waals surface area contributed by atoms with Gasteiger partial charge in [-0.1, -0.05) is 0 Å². The van der Waals surface area contributed by atoms with Crippen molar-refractivity contribution in [2.45, 2.75) is 6.92 Å². The van der Waals surface area contributed by atoms with Crippen molar-refractivity contribution >= 4 is 23.1 Å². The quantitative estimate of drug-likeness (QED) is 0.673. The fourth-order valence-electron chi connectivity index (χ4n) is 1.77. The molecular formula is C13H14FN5O2. The molecule has 0 aliphatic heterocycles. The van der Waals surface area contributed by atoms with Crippen LogP contribution >= 0.6 is 0 Å². The molecule has 0 saturated carbocycles. The summed E-state index contributed by atoms with van der Waals surface area (Å²) in [6, 6.07) is 5.61. The minimum atomic E-state index is -0.551. The average molecular weight is 291 g/mol. The third kappa shape index (κ3) is 3.22. The Morgan fingerprint density at radius 1 is 1.38 bits per heavy atom. The highest BCUT2D eigenvalue weighted by Crippen LogP contribution is 2.30. The lowest BCUT2D eigenvalue weighted by molar-refractivity contribution is -0.384. The molecular weight excluding hydrogens is 277 g/mol. The fraction of sp³-hybridized carbons (Fsp3) is 0.231. The molecule has 1 heterocycles. The molecule has 0 amide bonds. The van der Waals surface area contributed by atoms with Crippen LogP contribution in [-0.4, -0.2) is 28.5 Å². The van der Waals surface area contributed by atoms with E-state index in [1.807, 2.05) is 6.92 Å². The number of hydrogen-bond donors (Lipinski definition) is 1. The molecule has 0 bridgehead atoms. The van der Waals surface area contributed by atoms with Crippen molar-refractivity contribution in [3.63, 3.8) is 0 Å². The minimum absolute atomic E-state index is 0.137. The monoisotopic (exact) mass is 291 g/mol. The van der Waals surface area contributed by atoms with Crippen molar-refractivity contribution in [3.05, 3.63) is 46.4 Å². The number of halogens is 1. The molecule has 21 heavy (non-hydrogen) atoms. The lowest BCUT2D eigenvalue weighted by atomic mass is 10.3. The van der Waals surface area contributed by atoms with Gasteiger partial charge in [-0.15, -0.1) is 0 Å². The molecule has 0 aliphatic rings. The summed E-state index contributed by atoms with van der Waals surface area (Å²) in [4.78, 5) is 20.1. The number of hydrogen-bond acceptors (Lipinski definition) is 6. The van der Waals surface area contributed by atoms with Crippen LogP contribution in [0.15, 0.2) is 30.5 Å². The second-order valence-corrected chi connectivity index (χ2v) is 4.23. The largest absolute Gasteiger partial charge is 0.354 e. The zero-order valence-electron chi connectivity index (χ0n) is 11.6. The topological polar surface area (TPSA) is 84.2 Å². The predicted octanol–water partition coefficient (Wildman–Crippen LogP) is 2.72. The van der Waals surface area contributed by atoms with Crippen molar-refractivity contribution in [2.75, 3.05) is 23.8 Å². The van der Waals surface area contributed by atoms with Crippen LogP contribution in [0.4, 0.5) is 27.5 Å². The van der Waals surface area contributed by atoms with Crippen LogP contribution in [0.2, 0.25) is 0 Å². The van der Waals surface area contributed by atoms with Crippen molar-refractivity contribution in [2.24, 2.45) is 0 Å². The van der Waals surface area contributed by atoms with E-state index < -0.39 is 4.92 Å². The molecule has 1 N–H and O–H groups in total. The van der Waals surface area contributed by atoms with Gasteiger partial charge in [-0.05, 0) is 31.2 Å². The molecule has 8 heteroatoms. The third-order valence-corrected chi connectivity index (χ3v) is 2.81. The van der Waals surface area contributed by atoms with E-state index in [1.54, 1.807) is 7.05 Å². The third-order valence-electron chi connectivity index (χ3n) is 2.81. The molecule has 110 valence electrons. The van der Waals surface area contributed by atoms with Crippen LogP contribution in [0.5, 0.6) is 0 Å². The number of nitro groups is 1. The summed E-state index contributed by atoms with van der Waals surface area (Å²) < 4.78 is 13.0. The van der Waals surface area contributed by atoms with E-state index in [0.29, 0.717) is 18.2 Å². The van der Waals surface area contributed by atoms with Crippen LogP contribution in [0, 0.1) is 15.9 Å². The van der Waals surface area contributed by atoms with Gasteiger partial charge < -0.3 is 10.2 Å². The van der Waals surface area contributed by atoms with Gasteiger partial charge in [-0.3, -0.25) is 10.1 Å². The number of nitrogens with zero attached hydrogens (tertiary/aromatic N) is 4. The van der Waals surface area contributed by atoms with Gasteiger partial charge in [0.25, 0.3) is 0 Å². The van der Waals surface area contributed by atoms with Crippen LogP contribution in [0.3, 0.4) is 0 Å². The Labute approximate surface area is 120 Å². The van der Waals surface area contributed by atoms with Crippen LogP contribution in [0.1, 0.15) is 6.92 Å². The van der Waals surface area contributed by atoms with E-state index in [9.17, 15) is 14.5 Å². The molecule has 0 fully saturated rings. The zero-order chi connectivity index (χ0) is 15.4. The first kappa shape index (κ1) is 14.6. The second kappa shape index (κ2) is 6.12. The first-order valence-corrected chi connectivity index (χ1v) is 6.27. The van der Waals surface area contributed by atoms with E-state index in [1.165, 1.54) is 29.2 Å². The summed E-state index contributed by atoms with van der Waals surface area (Å²) in [5.41, 5.74) is 0.365. The van der Waals surface area contributed by atoms with Gasteiger partial charge in [0, 0.05) is 19.3 Å². The SMILES string of the molecule is CCNc1ncc([N+](=O)[O-])c(N(C)c2ccc(F)cc2)n1. The Morgan fingerprint density at radius 2 is 2.05 bits per heavy atom. The first-order chi connectivity index (χ1) is 10.0. The van der Waals surface area contributed by atoms with Gasteiger partial charge in [0.15, 0.2) is 0 Å². The summed E-state index contributed by atoms with van der Waals surface area (Å²) in [6.45, 7) is 2.46. The summed E-state index contributed by atoms with van der Waals surface area (Å²) in [7, 11) is 1.62. The fourth-order valence-corrected chi connectivity index (χ4v) is 1.77. The molecule has 2 aromatic rings. The Bertz CT molecular complexity index is 648. The highest BCUT2D eigenvalue weighted by atomic mass is 19.1. The smallest absolute Gasteiger partial charge is 0.330 e. The van der Waals surface area contributed by atoms with Crippen molar-refractivity contribution in [1.82, 2.24) is 9.97 Å². The summed E-state index contributed by atoms with van der Waals surface area (Å²) in [5, 5.41) is 14.0. The van der Waals surface area contributed by atoms with Gasteiger partial charge in [0.1, 0.15) is 12.0 Å². The van der Waals surface area contributed by atoms with Gasteiger partial charge >= 0.3 is 5.69 Å². The van der Waals surface area contributed by atoms with E-state index in [4.69, 9.17) is 0 Å². The Hall–Kier alpha value is -2.77. The number of rotatable bonds is 5. The molecule has 0 saturated heterocycles. The number of benzene rings is 1. The van der Waals surface area contributed by atoms with Crippen LogP contribution in [0.25, 0.3) is 0 Å². The van der Waals surface area contributed by atoms with Gasteiger partial charge in [0.05, 0.1) is 4.92 Å². The lowest BCUT2D eigenvalue weighted by Crippen LogP contribution is -2.15. The molecule has 1 aromatic heterocycles. The number of aromatic nitrogens is 2. The maximum absolute atomic E-state index is 13.0. The Balaban J connectivity index is 2.46. The Morgan fingerprint density at radius 3 is 2.62 bits per heavy atom. The van der Waals surface area contributed by atoms with Gasteiger partial charge in [-0.2, -0.15) is 4.98 Å². The minimum Gasteiger partial charge on any atom is -0.354 e. The van der Waals surface area contributed by atoms with Crippen molar-refractivity contribution < 1.29 is 9.31 Å². The number of nitrogens with one attached hydrogen (secondary N) is 1. The van der Waals surface area contributed by atoms with E-state index >= 15 is 0 Å². The molecule has 0 unspecified atom stereocenters. The molecule has 1 aromatic carbocycles. The maximum atomic E-state index is 13.0. The van der Waals surface area contributed by atoms with Gasteiger partial charge in [0.2, 0.25) is 11.8 Å². The maximum Gasteiger partial charge on any atom is 0.330 e.